The highest BCUT2D eigenvalue weighted by molar-refractivity contribution is 14.1. The molecule has 1 heterocycles. The van der Waals surface area contributed by atoms with Crippen LogP contribution < -0.4 is 5.56 Å². The van der Waals surface area contributed by atoms with Crippen LogP contribution in [-0.2, 0) is 11.8 Å². The van der Waals surface area contributed by atoms with Gasteiger partial charge in [0.05, 0.1) is 14.7 Å². The fourth-order valence-electron chi connectivity index (χ4n) is 2.92. The highest BCUT2D eigenvalue weighted by Crippen LogP contribution is 2.47. The molecule has 104 valence electrons. The van der Waals surface area contributed by atoms with Crippen LogP contribution in [0.4, 0.5) is 0 Å². The standard InChI is InChI=1S/C16H17IN2O/c1-2-12-13(17)14(20)19-15(18-12)16(9-6-10-16)11-7-4-3-5-8-11/h3-5,7-8H,2,6,9-10H2,1H3,(H,18,19,20). The summed E-state index contributed by atoms with van der Waals surface area (Å²) in [4.78, 5) is 19.9. The molecule has 1 saturated carbocycles. The number of nitrogens with zero attached hydrogens (tertiary/aromatic N) is 1. The van der Waals surface area contributed by atoms with Crippen molar-refractivity contribution in [3.05, 3.63) is 61.3 Å². The zero-order valence-electron chi connectivity index (χ0n) is 11.4. The molecule has 1 aromatic heterocycles. The van der Waals surface area contributed by atoms with Crippen LogP contribution in [0.2, 0.25) is 0 Å². The van der Waals surface area contributed by atoms with Crippen molar-refractivity contribution in [1.82, 2.24) is 9.97 Å². The SMILES string of the molecule is CCc1nc(C2(c3ccccc3)CCC2)[nH]c(=O)c1I. The smallest absolute Gasteiger partial charge is 0.264 e. The van der Waals surface area contributed by atoms with E-state index >= 15 is 0 Å². The van der Waals surface area contributed by atoms with E-state index in [9.17, 15) is 4.79 Å². The predicted molar refractivity (Wildman–Crippen MR) is 88.0 cm³/mol. The molecule has 0 atom stereocenters. The molecule has 1 aliphatic carbocycles. The summed E-state index contributed by atoms with van der Waals surface area (Å²) in [5.74, 6) is 0.845. The molecule has 20 heavy (non-hydrogen) atoms. The Bertz CT molecular complexity index is 675. The minimum Gasteiger partial charge on any atom is -0.309 e. The van der Waals surface area contributed by atoms with E-state index in [-0.39, 0.29) is 11.0 Å². The first-order chi connectivity index (χ1) is 9.67. The van der Waals surface area contributed by atoms with E-state index in [1.807, 2.05) is 13.0 Å². The average Bonchev–Trinajstić information content (AvgIpc) is 2.42. The first-order valence-electron chi connectivity index (χ1n) is 7.02. The Labute approximate surface area is 132 Å². The Morgan fingerprint density at radius 1 is 1.30 bits per heavy atom. The zero-order chi connectivity index (χ0) is 14.2. The Balaban J connectivity index is 2.16. The molecule has 1 fully saturated rings. The van der Waals surface area contributed by atoms with E-state index in [0.29, 0.717) is 0 Å². The van der Waals surface area contributed by atoms with E-state index in [0.717, 1.165) is 34.4 Å². The molecule has 0 aliphatic heterocycles. The summed E-state index contributed by atoms with van der Waals surface area (Å²) in [6, 6.07) is 10.4. The van der Waals surface area contributed by atoms with Crippen LogP contribution in [-0.4, -0.2) is 9.97 Å². The van der Waals surface area contributed by atoms with E-state index in [1.165, 1.54) is 12.0 Å². The van der Waals surface area contributed by atoms with Crippen LogP contribution in [0.3, 0.4) is 0 Å². The van der Waals surface area contributed by atoms with Crippen LogP contribution in [0.1, 0.15) is 43.3 Å². The lowest BCUT2D eigenvalue weighted by molar-refractivity contribution is 0.283. The third-order valence-corrected chi connectivity index (χ3v) is 5.37. The molecule has 1 aliphatic rings. The molecule has 0 saturated heterocycles. The zero-order valence-corrected chi connectivity index (χ0v) is 13.6. The summed E-state index contributed by atoms with van der Waals surface area (Å²) >= 11 is 2.09. The van der Waals surface area contributed by atoms with Gasteiger partial charge in [0.2, 0.25) is 0 Å². The Morgan fingerprint density at radius 2 is 2.00 bits per heavy atom. The van der Waals surface area contributed by atoms with E-state index in [4.69, 9.17) is 4.98 Å². The minimum atomic E-state index is -0.0886. The number of hydrogen-bond acceptors (Lipinski definition) is 2. The van der Waals surface area contributed by atoms with Gasteiger partial charge < -0.3 is 4.98 Å². The highest BCUT2D eigenvalue weighted by Gasteiger charge is 2.42. The lowest BCUT2D eigenvalue weighted by Crippen LogP contribution is -2.39. The highest BCUT2D eigenvalue weighted by atomic mass is 127. The fraction of sp³-hybridized carbons (Fsp3) is 0.375. The van der Waals surface area contributed by atoms with E-state index < -0.39 is 0 Å². The van der Waals surface area contributed by atoms with Crippen LogP contribution in [0.15, 0.2) is 35.1 Å². The van der Waals surface area contributed by atoms with Gasteiger partial charge in [-0.05, 0) is 47.4 Å². The maximum Gasteiger partial charge on any atom is 0.264 e. The number of hydrogen-bond donors (Lipinski definition) is 1. The largest absolute Gasteiger partial charge is 0.309 e. The van der Waals surface area contributed by atoms with Gasteiger partial charge in [-0.3, -0.25) is 4.79 Å². The Morgan fingerprint density at radius 3 is 2.55 bits per heavy atom. The maximum atomic E-state index is 12.1. The monoisotopic (exact) mass is 380 g/mol. The third kappa shape index (κ3) is 2.10. The molecular weight excluding hydrogens is 363 g/mol. The average molecular weight is 380 g/mol. The first-order valence-corrected chi connectivity index (χ1v) is 8.10. The van der Waals surface area contributed by atoms with Crippen molar-refractivity contribution in [3.8, 4) is 0 Å². The topological polar surface area (TPSA) is 45.8 Å². The normalized spacial score (nSPS) is 16.7. The molecule has 0 bridgehead atoms. The molecule has 1 N–H and O–H groups in total. The molecular formula is C16H17IN2O. The number of benzene rings is 1. The number of aryl methyl sites for hydroxylation is 1. The van der Waals surface area contributed by atoms with E-state index in [1.54, 1.807) is 0 Å². The van der Waals surface area contributed by atoms with Gasteiger partial charge in [-0.15, -0.1) is 0 Å². The summed E-state index contributed by atoms with van der Waals surface area (Å²) in [6.07, 6.45) is 4.10. The summed E-state index contributed by atoms with van der Waals surface area (Å²) in [5.41, 5.74) is 2.08. The molecule has 0 spiro atoms. The third-order valence-electron chi connectivity index (χ3n) is 4.25. The van der Waals surface area contributed by atoms with Crippen molar-refractivity contribution < 1.29 is 0 Å². The quantitative estimate of drug-likeness (QED) is 0.830. The summed E-state index contributed by atoms with van der Waals surface area (Å²) in [5, 5.41) is 0. The lowest BCUT2D eigenvalue weighted by atomic mass is 9.64. The summed E-state index contributed by atoms with van der Waals surface area (Å²) in [6.45, 7) is 2.05. The second kappa shape index (κ2) is 5.31. The van der Waals surface area contributed by atoms with Crippen LogP contribution in [0.25, 0.3) is 0 Å². The Kier molecular flexibility index (Phi) is 3.67. The predicted octanol–water partition coefficient (Wildman–Crippen LogP) is 3.41. The molecule has 4 heteroatoms. The summed E-state index contributed by atoms with van der Waals surface area (Å²) in [7, 11) is 0. The van der Waals surface area contributed by atoms with Gasteiger partial charge in [-0.25, -0.2) is 4.98 Å². The molecule has 2 aromatic rings. The fourth-order valence-corrected chi connectivity index (χ4v) is 3.55. The van der Waals surface area contributed by atoms with Gasteiger partial charge in [0.15, 0.2) is 0 Å². The van der Waals surface area contributed by atoms with Crippen molar-refractivity contribution >= 4 is 22.6 Å². The lowest BCUT2D eigenvalue weighted by Gasteiger charge is -2.41. The van der Waals surface area contributed by atoms with Crippen molar-refractivity contribution in [1.29, 1.82) is 0 Å². The second-order valence-corrected chi connectivity index (χ2v) is 6.41. The molecule has 0 radical (unpaired) electrons. The van der Waals surface area contributed by atoms with Gasteiger partial charge in [-0.2, -0.15) is 0 Å². The molecule has 1 aromatic carbocycles. The number of H-pyrrole nitrogens is 1. The molecule has 0 unspecified atom stereocenters. The number of aromatic nitrogens is 2. The van der Waals surface area contributed by atoms with E-state index in [2.05, 4.69) is 51.8 Å². The van der Waals surface area contributed by atoms with Gasteiger partial charge >= 0.3 is 0 Å². The minimum absolute atomic E-state index is 0.00495. The van der Waals surface area contributed by atoms with Crippen LogP contribution >= 0.6 is 22.6 Å². The van der Waals surface area contributed by atoms with Crippen molar-refractivity contribution in [3.63, 3.8) is 0 Å². The Hall–Kier alpha value is -1.17. The van der Waals surface area contributed by atoms with Crippen molar-refractivity contribution in [2.75, 3.05) is 0 Å². The molecule has 3 rings (SSSR count). The van der Waals surface area contributed by atoms with Gasteiger partial charge in [-0.1, -0.05) is 43.7 Å². The van der Waals surface area contributed by atoms with Gasteiger partial charge in [0, 0.05) is 0 Å². The maximum absolute atomic E-state index is 12.1. The molecule has 0 amide bonds. The number of rotatable bonds is 3. The number of nitrogens with one attached hydrogen (secondary N) is 1. The van der Waals surface area contributed by atoms with Gasteiger partial charge in [0.25, 0.3) is 5.56 Å². The summed E-state index contributed by atoms with van der Waals surface area (Å²) < 4.78 is 0.719. The van der Waals surface area contributed by atoms with Crippen LogP contribution in [0.5, 0.6) is 0 Å². The van der Waals surface area contributed by atoms with Gasteiger partial charge in [0.1, 0.15) is 5.82 Å². The first kappa shape index (κ1) is 13.8. The van der Waals surface area contributed by atoms with Crippen molar-refractivity contribution in [2.45, 2.75) is 38.0 Å². The number of halogens is 1. The second-order valence-electron chi connectivity index (χ2n) is 5.33. The van der Waals surface area contributed by atoms with Crippen LogP contribution in [0, 0.1) is 3.57 Å². The van der Waals surface area contributed by atoms with Crippen molar-refractivity contribution in [2.24, 2.45) is 0 Å². The molecule has 3 nitrogen and oxygen atoms in total. The number of aromatic amines is 1.